The third-order valence-corrected chi connectivity index (χ3v) is 5.79. The number of hydrogen-bond acceptors (Lipinski definition) is 3. The maximum atomic E-state index is 12.9. The maximum Gasteiger partial charge on any atom is 0.243 e. The lowest BCUT2D eigenvalue weighted by Crippen LogP contribution is -2.49. The number of amides is 2. The van der Waals surface area contributed by atoms with Crippen LogP contribution in [0.25, 0.3) is 0 Å². The zero-order valence-corrected chi connectivity index (χ0v) is 16.3. The van der Waals surface area contributed by atoms with Crippen molar-refractivity contribution >= 4 is 17.6 Å². The SMILES string of the molecule is O=C(CCCC(=O)N1CCC[C@@H]1C(=O)NC1CCCCC1)c1ccc(F)cc1. The highest BCUT2D eigenvalue weighted by Crippen LogP contribution is 2.22. The van der Waals surface area contributed by atoms with Gasteiger partial charge in [0.2, 0.25) is 11.8 Å². The van der Waals surface area contributed by atoms with Crippen LogP contribution < -0.4 is 5.32 Å². The van der Waals surface area contributed by atoms with Crippen molar-refractivity contribution in [3.8, 4) is 0 Å². The van der Waals surface area contributed by atoms with Gasteiger partial charge < -0.3 is 10.2 Å². The van der Waals surface area contributed by atoms with E-state index in [1.807, 2.05) is 0 Å². The Hall–Kier alpha value is -2.24. The number of carbonyl (C=O) groups excluding carboxylic acids is 3. The largest absolute Gasteiger partial charge is 0.352 e. The Balaban J connectivity index is 1.45. The van der Waals surface area contributed by atoms with E-state index in [1.165, 1.54) is 30.7 Å². The number of nitrogens with one attached hydrogen (secondary N) is 1. The van der Waals surface area contributed by atoms with E-state index in [4.69, 9.17) is 0 Å². The molecule has 1 aromatic rings. The van der Waals surface area contributed by atoms with E-state index in [-0.39, 0.29) is 48.3 Å². The van der Waals surface area contributed by atoms with Crippen molar-refractivity contribution in [1.29, 1.82) is 0 Å². The molecule has 1 aromatic carbocycles. The van der Waals surface area contributed by atoms with Crippen LogP contribution in [0.3, 0.4) is 0 Å². The lowest BCUT2D eigenvalue weighted by atomic mass is 9.95. The number of rotatable bonds is 7. The molecule has 152 valence electrons. The van der Waals surface area contributed by atoms with Crippen LogP contribution in [0.4, 0.5) is 4.39 Å². The highest BCUT2D eigenvalue weighted by atomic mass is 19.1. The van der Waals surface area contributed by atoms with Gasteiger partial charge in [-0.15, -0.1) is 0 Å². The number of hydrogen-bond donors (Lipinski definition) is 1. The fraction of sp³-hybridized carbons (Fsp3) is 0.591. The molecule has 1 saturated heterocycles. The first-order chi connectivity index (χ1) is 13.5. The van der Waals surface area contributed by atoms with Crippen LogP contribution in [0, 0.1) is 5.82 Å². The van der Waals surface area contributed by atoms with Gasteiger partial charge in [-0.25, -0.2) is 4.39 Å². The van der Waals surface area contributed by atoms with Gasteiger partial charge in [-0.1, -0.05) is 19.3 Å². The van der Waals surface area contributed by atoms with Crippen molar-refractivity contribution in [2.75, 3.05) is 6.54 Å². The number of Topliss-reactive ketones (excluding diaryl/α,β-unsaturated/α-hetero) is 1. The number of halogens is 1. The topological polar surface area (TPSA) is 66.5 Å². The molecule has 2 amide bonds. The van der Waals surface area contributed by atoms with E-state index in [1.54, 1.807) is 4.90 Å². The second-order valence-electron chi connectivity index (χ2n) is 7.87. The van der Waals surface area contributed by atoms with E-state index < -0.39 is 0 Å². The van der Waals surface area contributed by atoms with E-state index >= 15 is 0 Å². The van der Waals surface area contributed by atoms with Crippen molar-refractivity contribution in [3.05, 3.63) is 35.6 Å². The zero-order chi connectivity index (χ0) is 19.9. The standard InChI is InChI=1S/C22H29FN2O3/c23-17-13-11-16(12-14-17)20(26)9-4-10-21(27)25-15-5-8-19(25)22(28)24-18-6-2-1-3-7-18/h11-14,18-19H,1-10,15H2,(H,24,28)/t19-/m1/s1. The molecule has 0 unspecified atom stereocenters. The predicted octanol–water partition coefficient (Wildman–Crippen LogP) is 3.62. The molecule has 1 atom stereocenters. The van der Waals surface area contributed by atoms with Gasteiger partial charge in [-0.3, -0.25) is 14.4 Å². The summed E-state index contributed by atoms with van der Waals surface area (Å²) in [6.45, 7) is 0.605. The first-order valence-corrected chi connectivity index (χ1v) is 10.4. The molecule has 0 radical (unpaired) electrons. The quantitative estimate of drug-likeness (QED) is 0.726. The van der Waals surface area contributed by atoms with Gasteiger partial charge in [0.05, 0.1) is 0 Å². The number of carbonyl (C=O) groups is 3. The van der Waals surface area contributed by atoms with Crippen LogP contribution in [-0.4, -0.2) is 41.1 Å². The van der Waals surface area contributed by atoms with Crippen LogP contribution in [0.5, 0.6) is 0 Å². The second kappa shape index (κ2) is 9.80. The minimum atomic E-state index is -0.377. The van der Waals surface area contributed by atoms with Gasteiger partial charge in [-0.05, 0) is 56.4 Å². The summed E-state index contributed by atoms with van der Waals surface area (Å²) in [6, 6.07) is 5.32. The number of benzene rings is 1. The smallest absolute Gasteiger partial charge is 0.243 e. The van der Waals surface area contributed by atoms with Gasteiger partial charge in [0.1, 0.15) is 11.9 Å². The van der Waals surface area contributed by atoms with Crippen molar-refractivity contribution in [1.82, 2.24) is 10.2 Å². The van der Waals surface area contributed by atoms with E-state index in [0.29, 0.717) is 24.9 Å². The molecule has 28 heavy (non-hydrogen) atoms. The Morgan fingerprint density at radius 2 is 1.68 bits per heavy atom. The lowest BCUT2D eigenvalue weighted by Gasteiger charge is -2.28. The summed E-state index contributed by atoms with van der Waals surface area (Å²) in [5, 5.41) is 3.13. The third-order valence-electron chi connectivity index (χ3n) is 5.79. The summed E-state index contributed by atoms with van der Waals surface area (Å²) in [6.07, 6.45) is 8.06. The van der Waals surface area contributed by atoms with Crippen molar-refractivity contribution in [2.24, 2.45) is 0 Å². The second-order valence-corrected chi connectivity index (χ2v) is 7.87. The molecule has 5 nitrogen and oxygen atoms in total. The summed E-state index contributed by atoms with van der Waals surface area (Å²) >= 11 is 0. The van der Waals surface area contributed by atoms with E-state index in [9.17, 15) is 18.8 Å². The average molecular weight is 388 g/mol. The first kappa shape index (κ1) is 20.5. The highest BCUT2D eigenvalue weighted by molar-refractivity contribution is 5.96. The Morgan fingerprint density at radius 1 is 0.964 bits per heavy atom. The summed E-state index contributed by atoms with van der Waals surface area (Å²) < 4.78 is 12.9. The molecule has 1 aliphatic heterocycles. The summed E-state index contributed by atoms with van der Waals surface area (Å²) in [4.78, 5) is 39.1. The Kier molecular flexibility index (Phi) is 7.18. The molecular weight excluding hydrogens is 359 g/mol. The van der Waals surface area contributed by atoms with Crippen LogP contribution in [0.15, 0.2) is 24.3 Å². The monoisotopic (exact) mass is 388 g/mol. The van der Waals surface area contributed by atoms with Crippen LogP contribution in [0.1, 0.15) is 74.6 Å². The molecule has 2 aliphatic rings. The minimum Gasteiger partial charge on any atom is -0.352 e. The van der Waals surface area contributed by atoms with Gasteiger partial charge in [-0.2, -0.15) is 0 Å². The number of likely N-dealkylation sites (tertiary alicyclic amines) is 1. The molecule has 3 rings (SSSR count). The van der Waals surface area contributed by atoms with Crippen LogP contribution in [-0.2, 0) is 9.59 Å². The predicted molar refractivity (Wildman–Crippen MR) is 104 cm³/mol. The third kappa shape index (κ3) is 5.40. The highest BCUT2D eigenvalue weighted by Gasteiger charge is 2.34. The van der Waals surface area contributed by atoms with Crippen molar-refractivity contribution in [2.45, 2.75) is 76.3 Å². The van der Waals surface area contributed by atoms with Crippen LogP contribution in [0.2, 0.25) is 0 Å². The molecule has 2 fully saturated rings. The molecule has 6 heteroatoms. The molecule has 0 bridgehead atoms. The molecule has 0 aromatic heterocycles. The van der Waals surface area contributed by atoms with Crippen LogP contribution >= 0.6 is 0 Å². The van der Waals surface area contributed by atoms with Crippen molar-refractivity contribution in [3.63, 3.8) is 0 Å². The number of ketones is 1. The fourth-order valence-electron chi connectivity index (χ4n) is 4.21. The fourth-order valence-corrected chi connectivity index (χ4v) is 4.21. The summed E-state index contributed by atoms with van der Waals surface area (Å²) in [7, 11) is 0. The average Bonchev–Trinajstić information content (AvgIpc) is 3.19. The molecule has 0 spiro atoms. The normalized spacial score (nSPS) is 20.2. The maximum absolute atomic E-state index is 12.9. The molecule has 1 aliphatic carbocycles. The molecule has 1 saturated carbocycles. The Labute approximate surface area is 165 Å². The molecular formula is C22H29FN2O3. The molecule has 1 N–H and O–H groups in total. The Bertz CT molecular complexity index is 698. The van der Waals surface area contributed by atoms with Gasteiger partial charge >= 0.3 is 0 Å². The number of nitrogens with zero attached hydrogens (tertiary/aromatic N) is 1. The first-order valence-electron chi connectivity index (χ1n) is 10.4. The van der Waals surface area contributed by atoms with E-state index in [2.05, 4.69) is 5.32 Å². The summed E-state index contributed by atoms with van der Waals surface area (Å²) in [5.41, 5.74) is 0.458. The van der Waals surface area contributed by atoms with Gasteiger partial charge in [0, 0.05) is 31.0 Å². The summed E-state index contributed by atoms with van der Waals surface area (Å²) in [5.74, 6) is -0.563. The zero-order valence-electron chi connectivity index (χ0n) is 16.3. The van der Waals surface area contributed by atoms with Crippen molar-refractivity contribution < 1.29 is 18.8 Å². The molecule has 1 heterocycles. The Morgan fingerprint density at radius 3 is 2.39 bits per heavy atom. The van der Waals surface area contributed by atoms with E-state index in [0.717, 1.165) is 32.1 Å². The van der Waals surface area contributed by atoms with Gasteiger partial charge in [0.15, 0.2) is 5.78 Å². The lowest BCUT2D eigenvalue weighted by molar-refractivity contribution is -0.138. The van der Waals surface area contributed by atoms with Gasteiger partial charge in [0.25, 0.3) is 0 Å². The minimum absolute atomic E-state index is 0.0276.